The number of thioether (sulfide) groups is 1. The largest absolute Gasteiger partial charge is 0.462 e. The van der Waals surface area contributed by atoms with Gasteiger partial charge in [-0.15, -0.1) is 0 Å². The second-order valence-electron chi connectivity index (χ2n) is 3.72. The Balaban J connectivity index is 1.97. The maximum atomic E-state index is 11.5. The maximum absolute atomic E-state index is 11.5. The van der Waals surface area contributed by atoms with E-state index in [1.165, 1.54) is 0 Å². The van der Waals surface area contributed by atoms with Gasteiger partial charge in [0.2, 0.25) is 0 Å². The molecular weight excluding hydrogens is 226 g/mol. The molecule has 1 heterocycles. The molecule has 0 radical (unpaired) electrons. The van der Waals surface area contributed by atoms with Crippen LogP contribution >= 0.6 is 11.8 Å². The Morgan fingerprint density at radius 2 is 2.31 bits per heavy atom. The van der Waals surface area contributed by atoms with Crippen molar-refractivity contribution in [3.63, 3.8) is 0 Å². The van der Waals surface area contributed by atoms with Gasteiger partial charge in [-0.2, -0.15) is 11.8 Å². The normalized spacial score (nSPS) is 20.7. The molecule has 1 saturated heterocycles. The van der Waals surface area contributed by atoms with Gasteiger partial charge in [-0.25, -0.2) is 0 Å². The van der Waals surface area contributed by atoms with Crippen molar-refractivity contribution in [3.05, 3.63) is 0 Å². The lowest BCUT2D eigenvalue weighted by Crippen LogP contribution is -2.44. The van der Waals surface area contributed by atoms with Crippen molar-refractivity contribution < 1.29 is 14.3 Å². The monoisotopic (exact) mass is 247 g/mol. The number of nitrogens with one attached hydrogen (secondary N) is 1. The molecule has 0 bridgehead atoms. The molecule has 0 aliphatic carbocycles. The van der Waals surface area contributed by atoms with Crippen molar-refractivity contribution in [2.45, 2.75) is 25.8 Å². The lowest BCUT2D eigenvalue weighted by Gasteiger charge is -2.21. The van der Waals surface area contributed by atoms with Crippen molar-refractivity contribution >= 4 is 17.7 Å². The van der Waals surface area contributed by atoms with E-state index in [4.69, 9.17) is 9.47 Å². The van der Waals surface area contributed by atoms with Crippen LogP contribution in [0.4, 0.5) is 0 Å². The van der Waals surface area contributed by atoms with Crippen LogP contribution in [0, 0.1) is 0 Å². The molecule has 0 aromatic rings. The third kappa shape index (κ3) is 5.72. The first-order valence-corrected chi connectivity index (χ1v) is 7.05. The summed E-state index contributed by atoms with van der Waals surface area (Å²) in [5, 5.41) is 3.14. The van der Waals surface area contributed by atoms with Gasteiger partial charge in [0.25, 0.3) is 0 Å². The summed E-state index contributed by atoms with van der Waals surface area (Å²) in [7, 11) is 0. The molecule has 1 aliphatic heterocycles. The van der Waals surface area contributed by atoms with E-state index in [9.17, 15) is 4.79 Å². The molecule has 1 fully saturated rings. The Hall–Kier alpha value is -0.260. The number of esters is 1. The van der Waals surface area contributed by atoms with Gasteiger partial charge in [-0.1, -0.05) is 13.3 Å². The van der Waals surface area contributed by atoms with Gasteiger partial charge in [-0.3, -0.25) is 4.79 Å². The number of unbranched alkanes of at least 4 members (excludes halogenated alkanes) is 1. The second kappa shape index (κ2) is 8.84. The highest BCUT2D eigenvalue weighted by Crippen LogP contribution is 2.08. The summed E-state index contributed by atoms with van der Waals surface area (Å²) in [6.07, 6.45) is 2.19. The molecule has 1 aliphatic rings. The van der Waals surface area contributed by atoms with E-state index in [-0.39, 0.29) is 12.0 Å². The molecule has 0 aromatic carbocycles. The third-order valence-corrected chi connectivity index (χ3v) is 3.38. The maximum Gasteiger partial charge on any atom is 0.324 e. The number of carbonyl (C=O) groups is 1. The van der Waals surface area contributed by atoms with Gasteiger partial charge in [0.1, 0.15) is 12.6 Å². The fourth-order valence-electron chi connectivity index (χ4n) is 1.37. The predicted octanol–water partition coefficient (Wildman–Crippen LogP) is 1.05. The van der Waals surface area contributed by atoms with Crippen molar-refractivity contribution in [3.8, 4) is 0 Å². The summed E-state index contributed by atoms with van der Waals surface area (Å²) in [6, 6.07) is -0.130. The standard InChI is InChI=1S/C11H21NO3S/c1-2-3-5-14-6-7-15-11(13)10-9-16-8-4-12-10/h10,12H,2-9H2,1H3. The lowest BCUT2D eigenvalue weighted by molar-refractivity contribution is -0.147. The number of hydrogen-bond acceptors (Lipinski definition) is 5. The van der Waals surface area contributed by atoms with Crippen LogP contribution in [0.1, 0.15) is 19.8 Å². The van der Waals surface area contributed by atoms with Crippen molar-refractivity contribution in [2.24, 2.45) is 0 Å². The molecular formula is C11H21NO3S. The fraction of sp³-hybridized carbons (Fsp3) is 0.909. The quantitative estimate of drug-likeness (QED) is 0.538. The first kappa shape index (κ1) is 13.8. The zero-order valence-corrected chi connectivity index (χ0v) is 10.7. The Morgan fingerprint density at radius 1 is 1.44 bits per heavy atom. The van der Waals surface area contributed by atoms with E-state index in [2.05, 4.69) is 12.2 Å². The van der Waals surface area contributed by atoms with E-state index in [0.29, 0.717) is 13.2 Å². The van der Waals surface area contributed by atoms with Crippen molar-refractivity contribution in [1.29, 1.82) is 0 Å². The zero-order valence-electron chi connectivity index (χ0n) is 9.87. The van der Waals surface area contributed by atoms with E-state index < -0.39 is 0 Å². The minimum absolute atomic E-state index is 0.130. The van der Waals surface area contributed by atoms with E-state index >= 15 is 0 Å². The molecule has 4 nitrogen and oxygen atoms in total. The molecule has 0 saturated carbocycles. The Kier molecular flexibility index (Phi) is 7.63. The fourth-order valence-corrected chi connectivity index (χ4v) is 2.29. The van der Waals surface area contributed by atoms with Crippen LogP contribution in [0.2, 0.25) is 0 Å². The van der Waals surface area contributed by atoms with E-state index in [0.717, 1.165) is 37.5 Å². The summed E-state index contributed by atoms with van der Waals surface area (Å²) in [5.41, 5.74) is 0. The van der Waals surface area contributed by atoms with Gasteiger partial charge in [0, 0.05) is 24.7 Å². The lowest BCUT2D eigenvalue weighted by atomic mass is 10.3. The number of rotatable bonds is 7. The minimum Gasteiger partial charge on any atom is -0.462 e. The summed E-state index contributed by atoms with van der Waals surface area (Å²) < 4.78 is 10.4. The average molecular weight is 247 g/mol. The van der Waals surface area contributed by atoms with Crippen LogP contribution in [-0.2, 0) is 14.3 Å². The van der Waals surface area contributed by atoms with Gasteiger partial charge >= 0.3 is 5.97 Å². The molecule has 0 amide bonds. The Labute approximate surface area is 101 Å². The number of ether oxygens (including phenoxy) is 2. The van der Waals surface area contributed by atoms with Crippen LogP contribution in [0.25, 0.3) is 0 Å². The van der Waals surface area contributed by atoms with Crippen molar-refractivity contribution in [1.82, 2.24) is 5.32 Å². The average Bonchev–Trinajstić information content (AvgIpc) is 2.34. The van der Waals surface area contributed by atoms with E-state index in [1.807, 2.05) is 0 Å². The molecule has 0 spiro atoms. The van der Waals surface area contributed by atoms with Crippen LogP contribution in [0.5, 0.6) is 0 Å². The molecule has 16 heavy (non-hydrogen) atoms. The van der Waals surface area contributed by atoms with Crippen LogP contribution < -0.4 is 5.32 Å². The summed E-state index contributed by atoms with van der Waals surface area (Å²) in [4.78, 5) is 11.5. The van der Waals surface area contributed by atoms with E-state index in [1.54, 1.807) is 11.8 Å². The van der Waals surface area contributed by atoms with Crippen LogP contribution in [0.15, 0.2) is 0 Å². The SMILES string of the molecule is CCCCOCCOC(=O)C1CSCCN1. The molecule has 1 unspecified atom stereocenters. The number of hydrogen-bond donors (Lipinski definition) is 1. The predicted molar refractivity (Wildman–Crippen MR) is 65.8 cm³/mol. The topological polar surface area (TPSA) is 47.6 Å². The zero-order chi connectivity index (χ0) is 11.6. The second-order valence-corrected chi connectivity index (χ2v) is 4.86. The van der Waals surface area contributed by atoms with Gasteiger partial charge in [0.15, 0.2) is 0 Å². The first-order valence-electron chi connectivity index (χ1n) is 5.90. The van der Waals surface area contributed by atoms with Gasteiger partial charge < -0.3 is 14.8 Å². The molecule has 1 atom stereocenters. The van der Waals surface area contributed by atoms with Gasteiger partial charge in [-0.05, 0) is 6.42 Å². The summed E-state index contributed by atoms with van der Waals surface area (Å²) in [5.74, 6) is 1.74. The van der Waals surface area contributed by atoms with Gasteiger partial charge in [0.05, 0.1) is 6.61 Å². The molecule has 0 aromatic heterocycles. The highest BCUT2D eigenvalue weighted by Gasteiger charge is 2.21. The molecule has 1 N–H and O–H groups in total. The molecule has 5 heteroatoms. The molecule has 94 valence electrons. The summed E-state index contributed by atoms with van der Waals surface area (Å²) >= 11 is 1.79. The van der Waals surface area contributed by atoms with Crippen molar-refractivity contribution in [2.75, 3.05) is 37.9 Å². The minimum atomic E-state index is -0.147. The first-order chi connectivity index (χ1) is 7.84. The summed E-state index contributed by atoms with van der Waals surface area (Å²) in [6.45, 7) is 4.63. The smallest absolute Gasteiger partial charge is 0.324 e. The highest BCUT2D eigenvalue weighted by molar-refractivity contribution is 7.99. The van der Waals surface area contributed by atoms with Crippen LogP contribution in [-0.4, -0.2) is 49.9 Å². The Morgan fingerprint density at radius 3 is 3.00 bits per heavy atom. The third-order valence-electron chi connectivity index (χ3n) is 2.32. The molecule has 1 rings (SSSR count). The number of carbonyl (C=O) groups excluding carboxylic acids is 1. The Bertz CT molecular complexity index is 196. The van der Waals surface area contributed by atoms with Crippen LogP contribution in [0.3, 0.4) is 0 Å². The highest BCUT2D eigenvalue weighted by atomic mass is 32.2.